The lowest BCUT2D eigenvalue weighted by Gasteiger charge is -2.25. The molecule has 0 saturated carbocycles. The maximum absolute atomic E-state index is 13.7. The molecule has 1 aromatic heterocycles. The molecule has 1 saturated heterocycles. The van der Waals surface area contributed by atoms with Gasteiger partial charge in [-0.1, -0.05) is 19.9 Å². The normalized spacial score (nSPS) is 16.7. The van der Waals surface area contributed by atoms with E-state index in [2.05, 4.69) is 9.71 Å². The zero-order valence-electron chi connectivity index (χ0n) is 18.5. The molecule has 2 heterocycles. The number of hydrogen-bond acceptors (Lipinski definition) is 5. The van der Waals surface area contributed by atoms with Gasteiger partial charge in [-0.25, -0.2) is 22.5 Å². The van der Waals surface area contributed by atoms with Crippen molar-refractivity contribution in [1.82, 2.24) is 9.71 Å². The van der Waals surface area contributed by atoms with E-state index >= 15 is 0 Å². The van der Waals surface area contributed by atoms with Crippen molar-refractivity contribution in [2.45, 2.75) is 33.2 Å². The fourth-order valence-corrected chi connectivity index (χ4v) is 4.69. The molecule has 31 heavy (non-hydrogen) atoms. The number of amides is 1. The van der Waals surface area contributed by atoms with Crippen LogP contribution in [-0.4, -0.2) is 51.7 Å². The number of pyridine rings is 1. The molecular formula is C22H29FN4O3S. The molecule has 0 aliphatic carbocycles. The number of nitrogens with one attached hydrogen (secondary N) is 1. The maximum atomic E-state index is 13.7. The summed E-state index contributed by atoms with van der Waals surface area (Å²) in [5, 5.41) is 0. The van der Waals surface area contributed by atoms with Crippen molar-refractivity contribution >= 4 is 27.4 Å². The number of sulfonamides is 1. The zero-order valence-corrected chi connectivity index (χ0v) is 19.3. The van der Waals surface area contributed by atoms with Gasteiger partial charge in [0.05, 0.1) is 18.1 Å². The van der Waals surface area contributed by atoms with E-state index in [1.165, 1.54) is 12.1 Å². The Hall–Kier alpha value is -2.52. The smallest absolute Gasteiger partial charge is 0.229 e. The number of hydrogen-bond donors (Lipinski definition) is 1. The van der Waals surface area contributed by atoms with Gasteiger partial charge in [0.25, 0.3) is 0 Å². The number of anilines is 2. The first-order valence-corrected chi connectivity index (χ1v) is 12.1. The Morgan fingerprint density at radius 3 is 2.61 bits per heavy atom. The topological polar surface area (TPSA) is 82.6 Å². The molecule has 1 fully saturated rings. The van der Waals surface area contributed by atoms with Crippen LogP contribution in [0.15, 0.2) is 30.5 Å². The molecule has 0 radical (unpaired) electrons. The first kappa shape index (κ1) is 23.1. The van der Waals surface area contributed by atoms with E-state index in [9.17, 15) is 17.6 Å². The monoisotopic (exact) mass is 448 g/mol. The van der Waals surface area contributed by atoms with Crippen molar-refractivity contribution in [3.05, 3.63) is 41.8 Å². The molecule has 0 spiro atoms. The van der Waals surface area contributed by atoms with Crippen LogP contribution in [0, 0.1) is 18.7 Å². The fraction of sp³-hybridized carbons (Fsp3) is 0.455. The van der Waals surface area contributed by atoms with Crippen molar-refractivity contribution in [3.63, 3.8) is 0 Å². The summed E-state index contributed by atoms with van der Waals surface area (Å²) >= 11 is 0. The van der Waals surface area contributed by atoms with Crippen molar-refractivity contribution < 1.29 is 17.6 Å². The van der Waals surface area contributed by atoms with Gasteiger partial charge in [-0.3, -0.25) is 4.79 Å². The Bertz CT molecular complexity index is 1090. The Labute approximate surface area is 183 Å². The second kappa shape index (κ2) is 8.92. The summed E-state index contributed by atoms with van der Waals surface area (Å²) in [6.45, 7) is 6.66. The van der Waals surface area contributed by atoms with Gasteiger partial charge in [0.1, 0.15) is 11.6 Å². The molecule has 0 bridgehead atoms. The molecule has 1 N–H and O–H groups in total. The van der Waals surface area contributed by atoms with Crippen molar-refractivity contribution in [1.29, 1.82) is 0 Å². The van der Waals surface area contributed by atoms with Crippen LogP contribution in [0.4, 0.5) is 15.9 Å². The first-order valence-electron chi connectivity index (χ1n) is 10.2. The van der Waals surface area contributed by atoms with Gasteiger partial charge in [0.2, 0.25) is 15.9 Å². The predicted octanol–water partition coefficient (Wildman–Crippen LogP) is 2.94. The third-order valence-electron chi connectivity index (χ3n) is 5.43. The molecule has 168 valence electrons. The highest BCUT2D eigenvalue weighted by atomic mass is 32.2. The summed E-state index contributed by atoms with van der Waals surface area (Å²) in [5.74, 6) is 0.131. The third-order valence-corrected chi connectivity index (χ3v) is 6.19. The van der Waals surface area contributed by atoms with Crippen LogP contribution in [0.5, 0.6) is 0 Å². The lowest BCUT2D eigenvalue weighted by molar-refractivity contribution is -0.121. The second-order valence-electron chi connectivity index (χ2n) is 8.39. The van der Waals surface area contributed by atoms with E-state index in [0.717, 1.165) is 22.9 Å². The molecule has 1 amide bonds. The van der Waals surface area contributed by atoms with Crippen LogP contribution in [0.1, 0.15) is 25.8 Å². The lowest BCUT2D eigenvalue weighted by Crippen LogP contribution is -2.36. The largest absolute Gasteiger partial charge is 0.355 e. The van der Waals surface area contributed by atoms with Crippen LogP contribution >= 0.6 is 0 Å². The highest BCUT2D eigenvalue weighted by Crippen LogP contribution is 2.36. The van der Waals surface area contributed by atoms with Gasteiger partial charge >= 0.3 is 0 Å². The fourth-order valence-electron chi connectivity index (χ4n) is 3.90. The predicted molar refractivity (Wildman–Crippen MR) is 121 cm³/mol. The number of benzene rings is 1. The van der Waals surface area contributed by atoms with Crippen LogP contribution < -0.4 is 14.5 Å². The lowest BCUT2D eigenvalue weighted by atomic mass is 9.99. The first-order chi connectivity index (χ1) is 14.5. The highest BCUT2D eigenvalue weighted by Gasteiger charge is 2.27. The minimum atomic E-state index is -3.29. The molecule has 2 aromatic rings. The van der Waals surface area contributed by atoms with E-state index in [-0.39, 0.29) is 23.7 Å². The molecule has 3 rings (SSSR count). The summed E-state index contributed by atoms with van der Waals surface area (Å²) in [5.41, 5.74) is 2.98. The minimum absolute atomic E-state index is 0.0471. The molecular weight excluding hydrogens is 419 g/mol. The number of aromatic nitrogens is 1. The number of carbonyl (C=O) groups excluding carboxylic acids is 1. The second-order valence-corrected chi connectivity index (χ2v) is 10.2. The van der Waals surface area contributed by atoms with Gasteiger partial charge in [-0.15, -0.1) is 0 Å². The van der Waals surface area contributed by atoms with Crippen LogP contribution in [-0.2, 0) is 14.8 Å². The Balaban J connectivity index is 2.02. The van der Waals surface area contributed by atoms with Crippen LogP contribution in [0.2, 0.25) is 0 Å². The number of halogens is 1. The number of aryl methyl sites for hydroxylation is 1. The van der Waals surface area contributed by atoms with E-state index in [4.69, 9.17) is 0 Å². The van der Waals surface area contributed by atoms with Gasteiger partial charge in [0, 0.05) is 37.7 Å². The third kappa shape index (κ3) is 5.40. The molecule has 1 aliphatic heterocycles. The Morgan fingerprint density at radius 1 is 1.29 bits per heavy atom. The summed E-state index contributed by atoms with van der Waals surface area (Å²) in [4.78, 5) is 20.8. The summed E-state index contributed by atoms with van der Waals surface area (Å²) < 4.78 is 39.5. The average molecular weight is 449 g/mol. The summed E-state index contributed by atoms with van der Waals surface area (Å²) in [6, 6.07) is 6.28. The highest BCUT2D eigenvalue weighted by molar-refractivity contribution is 7.88. The summed E-state index contributed by atoms with van der Waals surface area (Å²) in [6.07, 6.45) is 3.48. The van der Waals surface area contributed by atoms with E-state index in [0.29, 0.717) is 31.0 Å². The SMILES string of the molecule is Cc1cc(F)ccc1-c1cc(N2CCC(NS(C)(=O)=O)C2)ncc1N(C)C(=O)C(C)C. The summed E-state index contributed by atoms with van der Waals surface area (Å²) in [7, 11) is -1.57. The molecule has 9 heteroatoms. The molecule has 1 aliphatic rings. The maximum Gasteiger partial charge on any atom is 0.229 e. The molecule has 1 aromatic carbocycles. The van der Waals surface area contributed by atoms with Gasteiger partial charge < -0.3 is 9.80 Å². The number of rotatable bonds is 6. The zero-order chi connectivity index (χ0) is 22.9. The van der Waals surface area contributed by atoms with E-state index in [1.54, 1.807) is 24.2 Å². The van der Waals surface area contributed by atoms with Crippen LogP contribution in [0.25, 0.3) is 11.1 Å². The average Bonchev–Trinajstić information content (AvgIpc) is 3.13. The Morgan fingerprint density at radius 2 is 2.00 bits per heavy atom. The van der Waals surface area contributed by atoms with Gasteiger partial charge in [-0.05, 0) is 42.7 Å². The Kier molecular flexibility index (Phi) is 6.66. The number of carbonyl (C=O) groups is 1. The van der Waals surface area contributed by atoms with Gasteiger partial charge in [-0.2, -0.15) is 0 Å². The van der Waals surface area contributed by atoms with Crippen molar-refractivity contribution in [2.24, 2.45) is 5.92 Å². The molecule has 7 nitrogen and oxygen atoms in total. The van der Waals surface area contributed by atoms with Crippen LogP contribution in [0.3, 0.4) is 0 Å². The van der Waals surface area contributed by atoms with E-state index in [1.807, 2.05) is 31.7 Å². The van der Waals surface area contributed by atoms with Crippen molar-refractivity contribution in [2.75, 3.05) is 36.2 Å². The molecule has 1 unspecified atom stereocenters. The van der Waals surface area contributed by atoms with E-state index < -0.39 is 10.0 Å². The molecule has 1 atom stereocenters. The van der Waals surface area contributed by atoms with Gasteiger partial charge in [0.15, 0.2) is 0 Å². The van der Waals surface area contributed by atoms with Crippen molar-refractivity contribution in [3.8, 4) is 11.1 Å². The minimum Gasteiger partial charge on any atom is -0.355 e. The number of nitrogens with zero attached hydrogens (tertiary/aromatic N) is 3. The standard InChI is InChI=1S/C22H29FN4O3S/c1-14(2)22(28)26(4)20-12-24-21(27-9-8-17(13-27)25-31(5,29)30)11-19(20)18-7-6-16(23)10-15(18)3/h6-7,10-12,14,17,25H,8-9,13H2,1-5H3. The quantitative estimate of drug-likeness (QED) is 0.735.